The minimum atomic E-state index is -0.524. The molecule has 0 aliphatic carbocycles. The first-order chi connectivity index (χ1) is 9.34. The van der Waals surface area contributed by atoms with Gasteiger partial charge in [0, 0.05) is 23.6 Å². The standard InChI is InChI=1S/C15H19BrN2O2/c1-9-10(2)15(20-5)12(11(3)14(9)16)6-7-18(4)13(19)8-17/h6-7H2,1-5H3. The molecule has 0 bridgehead atoms. The van der Waals surface area contributed by atoms with Gasteiger partial charge in [-0.2, -0.15) is 5.26 Å². The molecule has 0 saturated carbocycles. The lowest BCUT2D eigenvalue weighted by molar-refractivity contribution is -0.124. The molecule has 1 aromatic carbocycles. The molecular weight excluding hydrogens is 320 g/mol. The Balaban J connectivity index is 3.13. The van der Waals surface area contributed by atoms with Crippen LogP contribution >= 0.6 is 15.9 Å². The van der Waals surface area contributed by atoms with E-state index in [1.807, 2.05) is 20.8 Å². The lowest BCUT2D eigenvalue weighted by atomic mass is 9.96. The lowest BCUT2D eigenvalue weighted by Crippen LogP contribution is -2.27. The predicted octanol–water partition coefficient (Wildman–Crippen LogP) is 2.91. The third kappa shape index (κ3) is 3.13. The number of methoxy groups -OCH3 is 1. The van der Waals surface area contributed by atoms with Gasteiger partial charge >= 0.3 is 5.91 Å². The number of ether oxygens (including phenoxy) is 1. The molecule has 0 aliphatic heterocycles. The molecule has 0 aromatic heterocycles. The maximum atomic E-state index is 11.3. The Morgan fingerprint density at radius 1 is 1.30 bits per heavy atom. The van der Waals surface area contributed by atoms with Crippen LogP contribution in [-0.4, -0.2) is 31.5 Å². The number of halogens is 1. The zero-order valence-corrected chi connectivity index (χ0v) is 14.1. The van der Waals surface area contributed by atoms with Crippen LogP contribution in [0.5, 0.6) is 5.75 Å². The van der Waals surface area contributed by atoms with Gasteiger partial charge in [-0.3, -0.25) is 4.79 Å². The highest BCUT2D eigenvalue weighted by Gasteiger charge is 2.17. The Bertz CT molecular complexity index is 576. The Morgan fingerprint density at radius 2 is 1.90 bits per heavy atom. The molecule has 0 atom stereocenters. The van der Waals surface area contributed by atoms with Crippen molar-refractivity contribution in [3.63, 3.8) is 0 Å². The summed E-state index contributed by atoms with van der Waals surface area (Å²) in [7, 11) is 3.28. The fourth-order valence-electron chi connectivity index (χ4n) is 2.19. The number of hydrogen-bond acceptors (Lipinski definition) is 3. The molecule has 5 heteroatoms. The van der Waals surface area contributed by atoms with Gasteiger partial charge in [-0.25, -0.2) is 0 Å². The summed E-state index contributed by atoms with van der Waals surface area (Å²) in [4.78, 5) is 12.7. The van der Waals surface area contributed by atoms with Crippen LogP contribution in [0.15, 0.2) is 4.47 Å². The van der Waals surface area contributed by atoms with E-state index in [1.165, 1.54) is 4.90 Å². The van der Waals surface area contributed by atoms with Crippen molar-refractivity contribution in [3.05, 3.63) is 26.7 Å². The van der Waals surface area contributed by atoms with Gasteiger partial charge in [0.05, 0.1) is 7.11 Å². The molecule has 0 heterocycles. The molecule has 108 valence electrons. The molecule has 0 fully saturated rings. The normalized spacial score (nSPS) is 10.1. The van der Waals surface area contributed by atoms with E-state index < -0.39 is 5.91 Å². The third-order valence-corrected chi connectivity index (χ3v) is 4.82. The third-order valence-electron chi connectivity index (χ3n) is 3.63. The van der Waals surface area contributed by atoms with Crippen LogP contribution in [0.1, 0.15) is 22.3 Å². The molecule has 20 heavy (non-hydrogen) atoms. The van der Waals surface area contributed by atoms with E-state index in [0.717, 1.165) is 32.5 Å². The monoisotopic (exact) mass is 338 g/mol. The van der Waals surface area contributed by atoms with E-state index in [1.54, 1.807) is 20.2 Å². The van der Waals surface area contributed by atoms with Crippen molar-refractivity contribution in [2.24, 2.45) is 0 Å². The molecule has 1 amide bonds. The first-order valence-corrected chi connectivity index (χ1v) is 7.11. The van der Waals surface area contributed by atoms with Crippen LogP contribution in [0, 0.1) is 32.1 Å². The first-order valence-electron chi connectivity index (χ1n) is 6.32. The Kier molecular flexibility index (Phi) is 5.58. The molecule has 1 rings (SSSR count). The average molecular weight is 339 g/mol. The van der Waals surface area contributed by atoms with Crippen LogP contribution in [0.2, 0.25) is 0 Å². The second kappa shape index (κ2) is 6.76. The van der Waals surface area contributed by atoms with E-state index >= 15 is 0 Å². The maximum Gasteiger partial charge on any atom is 0.324 e. The van der Waals surface area contributed by atoms with Gasteiger partial charge in [0.15, 0.2) is 6.07 Å². The number of benzene rings is 1. The van der Waals surface area contributed by atoms with Crippen LogP contribution in [-0.2, 0) is 11.2 Å². The minimum Gasteiger partial charge on any atom is -0.496 e. The van der Waals surface area contributed by atoms with Crippen LogP contribution in [0.4, 0.5) is 0 Å². The summed E-state index contributed by atoms with van der Waals surface area (Å²) in [6.45, 7) is 6.58. The molecule has 0 N–H and O–H groups in total. The Labute approximate surface area is 128 Å². The van der Waals surface area contributed by atoms with Crippen molar-refractivity contribution in [1.82, 2.24) is 4.90 Å². The molecule has 0 saturated heterocycles. The number of carbonyl (C=O) groups is 1. The summed E-state index contributed by atoms with van der Waals surface area (Å²) in [5.74, 6) is 0.338. The van der Waals surface area contributed by atoms with Crippen LogP contribution < -0.4 is 4.74 Å². The highest BCUT2D eigenvalue weighted by Crippen LogP contribution is 2.36. The van der Waals surface area contributed by atoms with Gasteiger partial charge in [-0.05, 0) is 43.9 Å². The van der Waals surface area contributed by atoms with Gasteiger partial charge in [0.25, 0.3) is 0 Å². The van der Waals surface area contributed by atoms with Gasteiger partial charge in [-0.1, -0.05) is 15.9 Å². The summed E-state index contributed by atoms with van der Waals surface area (Å²) < 4.78 is 6.59. The largest absolute Gasteiger partial charge is 0.496 e. The predicted molar refractivity (Wildman–Crippen MR) is 81.9 cm³/mol. The summed E-state index contributed by atoms with van der Waals surface area (Å²) >= 11 is 3.61. The summed E-state index contributed by atoms with van der Waals surface area (Å²) in [5.41, 5.74) is 4.43. The molecule has 0 unspecified atom stereocenters. The first kappa shape index (κ1) is 16.5. The van der Waals surface area contributed by atoms with Crippen LogP contribution in [0.3, 0.4) is 0 Å². The van der Waals surface area contributed by atoms with Crippen molar-refractivity contribution < 1.29 is 9.53 Å². The molecule has 0 spiro atoms. The summed E-state index contributed by atoms with van der Waals surface area (Å²) in [6, 6.07) is 1.62. The highest BCUT2D eigenvalue weighted by molar-refractivity contribution is 9.10. The van der Waals surface area contributed by atoms with Crippen molar-refractivity contribution in [3.8, 4) is 11.8 Å². The van der Waals surface area contributed by atoms with Crippen molar-refractivity contribution in [1.29, 1.82) is 5.26 Å². The van der Waals surface area contributed by atoms with Gasteiger partial charge in [0.2, 0.25) is 0 Å². The summed E-state index contributed by atoms with van der Waals surface area (Å²) in [5, 5.41) is 8.61. The molecule has 1 aromatic rings. The second-order valence-corrected chi connectivity index (χ2v) is 5.58. The molecule has 0 radical (unpaired) electrons. The van der Waals surface area contributed by atoms with Gasteiger partial charge < -0.3 is 9.64 Å². The minimum absolute atomic E-state index is 0.485. The maximum absolute atomic E-state index is 11.3. The Hall–Kier alpha value is -1.54. The van der Waals surface area contributed by atoms with E-state index in [9.17, 15) is 4.79 Å². The van der Waals surface area contributed by atoms with Gasteiger partial charge in [0.1, 0.15) is 5.75 Å². The van der Waals surface area contributed by atoms with Crippen LogP contribution in [0.25, 0.3) is 0 Å². The second-order valence-electron chi connectivity index (χ2n) is 4.79. The highest BCUT2D eigenvalue weighted by atomic mass is 79.9. The van der Waals surface area contributed by atoms with Crippen molar-refractivity contribution in [2.45, 2.75) is 27.2 Å². The Morgan fingerprint density at radius 3 is 2.40 bits per heavy atom. The van der Waals surface area contributed by atoms with E-state index in [2.05, 4.69) is 15.9 Å². The SMILES string of the molecule is COc1c(C)c(C)c(Br)c(C)c1CCN(C)C(=O)C#N. The fourth-order valence-corrected chi connectivity index (χ4v) is 2.73. The number of nitriles is 1. The average Bonchev–Trinajstić information content (AvgIpc) is 2.45. The smallest absolute Gasteiger partial charge is 0.324 e. The van der Waals surface area contributed by atoms with Crippen molar-refractivity contribution in [2.75, 3.05) is 20.7 Å². The van der Waals surface area contributed by atoms with E-state index in [4.69, 9.17) is 10.00 Å². The quantitative estimate of drug-likeness (QED) is 0.793. The zero-order chi connectivity index (χ0) is 15.4. The number of likely N-dealkylation sites (N-methyl/N-ethyl adjacent to an activating group) is 1. The zero-order valence-electron chi connectivity index (χ0n) is 12.5. The van der Waals surface area contributed by atoms with Gasteiger partial charge in [-0.15, -0.1) is 0 Å². The lowest BCUT2D eigenvalue weighted by Gasteiger charge is -2.20. The molecule has 0 aliphatic rings. The number of hydrogen-bond donors (Lipinski definition) is 0. The van der Waals surface area contributed by atoms with E-state index in [0.29, 0.717) is 13.0 Å². The number of carbonyl (C=O) groups excluding carboxylic acids is 1. The molecule has 4 nitrogen and oxygen atoms in total. The van der Waals surface area contributed by atoms with Crippen molar-refractivity contribution >= 4 is 21.8 Å². The summed E-state index contributed by atoms with van der Waals surface area (Å²) in [6.07, 6.45) is 0.651. The molecular formula is C15H19BrN2O2. The van der Waals surface area contributed by atoms with E-state index in [-0.39, 0.29) is 0 Å². The topological polar surface area (TPSA) is 53.3 Å². The number of rotatable bonds is 4. The fraction of sp³-hybridized carbons (Fsp3) is 0.467. The number of amides is 1. The number of nitrogens with zero attached hydrogens (tertiary/aromatic N) is 2.